The molecule has 5 rings (SSSR count). The van der Waals surface area contributed by atoms with Gasteiger partial charge in [0.15, 0.2) is 11.5 Å². The normalized spacial score (nSPS) is 20.9. The Kier molecular flexibility index (Phi) is 9.43. The molecule has 1 atom stereocenters. The van der Waals surface area contributed by atoms with Crippen LogP contribution < -0.4 is 19.1 Å². The standard InChI is InChI=1S/C32H40N2O9/c1-3-4-17-39-25-6-7-26(24(19-25)20-35)33(2)15-12-31(38)13-16-34(32(21-31)42-29(36)9-10-30(37)43-32)14-11-23-5-8-27-28(18-23)41-22-40-27/h5-10,18-19,35,38H,3-4,11-17,20-22H2,1-2H3. The number of likely N-dealkylation sites (tertiary alicyclic amines) is 1. The zero-order chi connectivity index (χ0) is 30.5. The number of benzene rings is 2. The molecule has 0 bridgehead atoms. The van der Waals surface area contributed by atoms with Gasteiger partial charge >= 0.3 is 17.8 Å². The van der Waals surface area contributed by atoms with Crippen LogP contribution in [0, 0.1) is 0 Å². The Labute approximate surface area is 251 Å². The number of carbonyl (C=O) groups excluding carboxylic acids is 2. The molecule has 232 valence electrons. The van der Waals surface area contributed by atoms with E-state index >= 15 is 0 Å². The number of aliphatic hydroxyl groups excluding tert-OH is 1. The average molecular weight is 597 g/mol. The topological polar surface area (TPSA) is 127 Å². The van der Waals surface area contributed by atoms with Crippen molar-refractivity contribution in [2.24, 2.45) is 0 Å². The Balaban J connectivity index is 1.28. The van der Waals surface area contributed by atoms with Crippen molar-refractivity contribution in [3.8, 4) is 17.2 Å². The lowest BCUT2D eigenvalue weighted by Gasteiger charge is -2.49. The van der Waals surface area contributed by atoms with Crippen LogP contribution in [0.25, 0.3) is 0 Å². The number of hydrogen-bond acceptors (Lipinski definition) is 11. The molecule has 1 saturated heterocycles. The number of fused-ring (bicyclic) bond motifs is 1. The molecule has 2 N–H and O–H groups in total. The molecule has 0 aromatic heterocycles. The number of piperidine rings is 1. The summed E-state index contributed by atoms with van der Waals surface area (Å²) in [6.07, 6.45) is 5.21. The van der Waals surface area contributed by atoms with Crippen LogP contribution in [0.2, 0.25) is 0 Å². The lowest BCUT2D eigenvalue weighted by molar-refractivity contribution is -0.315. The highest BCUT2D eigenvalue weighted by molar-refractivity contribution is 5.93. The van der Waals surface area contributed by atoms with Gasteiger partial charge in [0.2, 0.25) is 6.79 Å². The summed E-state index contributed by atoms with van der Waals surface area (Å²) in [5.41, 5.74) is 1.22. The van der Waals surface area contributed by atoms with Crippen LogP contribution in [-0.4, -0.2) is 78.6 Å². The van der Waals surface area contributed by atoms with E-state index in [1.807, 2.05) is 48.3 Å². The van der Waals surface area contributed by atoms with Crippen molar-refractivity contribution in [3.05, 3.63) is 59.7 Å². The quantitative estimate of drug-likeness (QED) is 0.277. The molecule has 11 heteroatoms. The molecule has 11 nitrogen and oxygen atoms in total. The van der Waals surface area contributed by atoms with Crippen molar-refractivity contribution in [2.75, 3.05) is 45.0 Å². The number of anilines is 1. The molecule has 1 unspecified atom stereocenters. The number of carbonyl (C=O) groups is 2. The maximum atomic E-state index is 12.6. The molecule has 3 aliphatic rings. The monoisotopic (exact) mass is 596 g/mol. The smallest absolute Gasteiger partial charge is 0.335 e. The minimum Gasteiger partial charge on any atom is -0.494 e. The second-order valence-corrected chi connectivity index (χ2v) is 11.3. The van der Waals surface area contributed by atoms with Gasteiger partial charge in [0, 0.05) is 50.1 Å². The highest BCUT2D eigenvalue weighted by Crippen LogP contribution is 2.41. The molecular weight excluding hydrogens is 556 g/mol. The van der Waals surface area contributed by atoms with Crippen molar-refractivity contribution in [2.45, 2.75) is 63.6 Å². The Morgan fingerprint density at radius 3 is 2.56 bits per heavy atom. The fourth-order valence-corrected chi connectivity index (χ4v) is 5.71. The molecule has 3 aliphatic heterocycles. The van der Waals surface area contributed by atoms with E-state index < -0.39 is 23.5 Å². The van der Waals surface area contributed by atoms with Gasteiger partial charge in [0.05, 0.1) is 25.2 Å². The van der Waals surface area contributed by atoms with Gasteiger partial charge in [-0.15, -0.1) is 0 Å². The molecular formula is C32H40N2O9. The molecule has 2 aromatic rings. The molecule has 0 saturated carbocycles. The fourth-order valence-electron chi connectivity index (χ4n) is 5.71. The summed E-state index contributed by atoms with van der Waals surface area (Å²) in [5, 5.41) is 21.8. The first-order valence-electron chi connectivity index (χ1n) is 14.8. The first kappa shape index (κ1) is 30.7. The van der Waals surface area contributed by atoms with Crippen LogP contribution in [0.5, 0.6) is 17.2 Å². The predicted molar refractivity (Wildman–Crippen MR) is 157 cm³/mol. The maximum Gasteiger partial charge on any atom is 0.335 e. The van der Waals surface area contributed by atoms with Crippen LogP contribution >= 0.6 is 0 Å². The zero-order valence-corrected chi connectivity index (χ0v) is 24.8. The molecule has 1 spiro atoms. The van der Waals surface area contributed by atoms with Crippen LogP contribution in [-0.2, 0) is 32.1 Å². The highest BCUT2D eigenvalue weighted by Gasteiger charge is 2.54. The molecule has 0 radical (unpaired) electrons. The van der Waals surface area contributed by atoms with Crippen molar-refractivity contribution in [1.29, 1.82) is 0 Å². The van der Waals surface area contributed by atoms with Gasteiger partial charge in [-0.1, -0.05) is 19.4 Å². The van der Waals surface area contributed by atoms with Crippen molar-refractivity contribution >= 4 is 17.6 Å². The van der Waals surface area contributed by atoms with Gasteiger partial charge in [0.1, 0.15) is 5.75 Å². The fraction of sp³-hybridized carbons (Fsp3) is 0.500. The number of nitrogens with zero attached hydrogens (tertiary/aromatic N) is 2. The van der Waals surface area contributed by atoms with E-state index in [4.69, 9.17) is 23.7 Å². The van der Waals surface area contributed by atoms with Crippen molar-refractivity contribution in [1.82, 2.24) is 4.90 Å². The number of esters is 2. The zero-order valence-electron chi connectivity index (χ0n) is 24.8. The number of hydrogen-bond donors (Lipinski definition) is 2. The Morgan fingerprint density at radius 1 is 1.05 bits per heavy atom. The minimum absolute atomic E-state index is 0.106. The summed E-state index contributed by atoms with van der Waals surface area (Å²) < 4.78 is 28.2. The Morgan fingerprint density at radius 2 is 1.81 bits per heavy atom. The van der Waals surface area contributed by atoms with Crippen LogP contribution in [0.15, 0.2) is 48.6 Å². The highest BCUT2D eigenvalue weighted by atomic mass is 16.8. The molecule has 0 amide bonds. The van der Waals surface area contributed by atoms with Gasteiger partial charge in [-0.05, 0) is 61.6 Å². The Hall–Kier alpha value is -3.80. The van der Waals surface area contributed by atoms with Gasteiger partial charge in [0.25, 0.3) is 0 Å². The second-order valence-electron chi connectivity index (χ2n) is 11.3. The third-order valence-electron chi connectivity index (χ3n) is 8.18. The third kappa shape index (κ3) is 7.23. The first-order chi connectivity index (χ1) is 20.7. The SMILES string of the molecule is CCCCOc1ccc(N(C)CCC2(O)CCN(CCc3ccc4c(c3)OCO4)C3(C2)OC(=O)C=CC(=O)O3)c(CO)c1. The van der Waals surface area contributed by atoms with Crippen LogP contribution in [0.1, 0.15) is 50.2 Å². The molecule has 43 heavy (non-hydrogen) atoms. The second kappa shape index (κ2) is 13.2. The summed E-state index contributed by atoms with van der Waals surface area (Å²) in [6, 6.07) is 11.3. The number of aliphatic hydroxyl groups is 2. The maximum absolute atomic E-state index is 12.6. The first-order valence-corrected chi connectivity index (χ1v) is 14.8. The molecule has 3 heterocycles. The molecule has 1 fully saturated rings. The van der Waals surface area contributed by atoms with Crippen molar-refractivity contribution in [3.63, 3.8) is 0 Å². The number of rotatable bonds is 12. The van der Waals surface area contributed by atoms with E-state index in [0.29, 0.717) is 62.8 Å². The molecule has 0 aliphatic carbocycles. The van der Waals surface area contributed by atoms with E-state index in [0.717, 1.165) is 41.8 Å². The van der Waals surface area contributed by atoms with Crippen LogP contribution in [0.4, 0.5) is 5.69 Å². The minimum atomic E-state index is -1.76. The Bertz CT molecular complexity index is 1330. The van der Waals surface area contributed by atoms with E-state index in [1.165, 1.54) is 0 Å². The predicted octanol–water partition coefficient (Wildman–Crippen LogP) is 3.29. The summed E-state index contributed by atoms with van der Waals surface area (Å²) in [4.78, 5) is 28.9. The third-order valence-corrected chi connectivity index (χ3v) is 8.18. The van der Waals surface area contributed by atoms with Gasteiger partial charge < -0.3 is 38.8 Å². The van der Waals surface area contributed by atoms with Gasteiger partial charge in [-0.2, -0.15) is 0 Å². The van der Waals surface area contributed by atoms with Crippen LogP contribution in [0.3, 0.4) is 0 Å². The summed E-state index contributed by atoms with van der Waals surface area (Å²) in [6.45, 7) is 3.91. The summed E-state index contributed by atoms with van der Waals surface area (Å²) >= 11 is 0. The number of unbranched alkanes of at least 4 members (excludes halogenated alkanes) is 1. The van der Waals surface area contributed by atoms with E-state index in [9.17, 15) is 19.8 Å². The molecule has 2 aromatic carbocycles. The summed E-state index contributed by atoms with van der Waals surface area (Å²) in [5.74, 6) is -1.12. The lowest BCUT2D eigenvalue weighted by Crippen LogP contribution is -2.63. The van der Waals surface area contributed by atoms with Crippen molar-refractivity contribution < 1.29 is 43.5 Å². The van der Waals surface area contributed by atoms with E-state index in [1.54, 1.807) is 4.90 Å². The number of ether oxygens (including phenoxy) is 5. The van der Waals surface area contributed by atoms with E-state index in [2.05, 4.69) is 6.92 Å². The summed E-state index contributed by atoms with van der Waals surface area (Å²) in [7, 11) is 1.89. The van der Waals surface area contributed by atoms with E-state index in [-0.39, 0.29) is 19.8 Å². The van der Waals surface area contributed by atoms with Gasteiger partial charge in [-0.3, -0.25) is 0 Å². The lowest BCUT2D eigenvalue weighted by atomic mass is 9.85. The van der Waals surface area contributed by atoms with Gasteiger partial charge in [-0.25, -0.2) is 14.5 Å². The average Bonchev–Trinajstić information content (AvgIpc) is 3.41. The largest absolute Gasteiger partial charge is 0.494 e.